The molecular weight excluding hydrogens is 304 g/mol. The lowest BCUT2D eigenvalue weighted by Gasteiger charge is -2.26. The summed E-state index contributed by atoms with van der Waals surface area (Å²) < 4.78 is 5.33. The maximum absolute atomic E-state index is 12.4. The van der Waals surface area contributed by atoms with Crippen LogP contribution < -0.4 is 10.2 Å². The molecule has 0 aliphatic carbocycles. The summed E-state index contributed by atoms with van der Waals surface area (Å²) >= 11 is 0. The summed E-state index contributed by atoms with van der Waals surface area (Å²) in [6.07, 6.45) is 5.64. The lowest BCUT2D eigenvalue weighted by Crippen LogP contribution is -2.41. The minimum absolute atomic E-state index is 0.0504. The van der Waals surface area contributed by atoms with Crippen molar-refractivity contribution < 1.29 is 9.53 Å². The van der Waals surface area contributed by atoms with Crippen LogP contribution in [0.4, 0.5) is 5.69 Å². The van der Waals surface area contributed by atoms with Gasteiger partial charge in [-0.2, -0.15) is 0 Å². The molecule has 0 radical (unpaired) electrons. The largest absolute Gasteiger partial charge is 0.379 e. The van der Waals surface area contributed by atoms with E-state index < -0.39 is 0 Å². The highest BCUT2D eigenvalue weighted by Gasteiger charge is 2.12. The van der Waals surface area contributed by atoms with E-state index in [9.17, 15) is 4.79 Å². The average Bonchev–Trinajstić information content (AvgIpc) is 2.62. The number of hydrogen-bond donors (Lipinski definition) is 1. The van der Waals surface area contributed by atoms with Crippen LogP contribution in [-0.4, -0.2) is 68.3 Å². The smallest absolute Gasteiger partial charge is 0.252 e. The Hall–Kier alpha value is -1.66. The monoisotopic (exact) mass is 334 g/mol. The highest BCUT2D eigenvalue weighted by molar-refractivity contribution is 5.94. The van der Waals surface area contributed by atoms with Crippen LogP contribution in [0.15, 0.2) is 18.5 Å². The fourth-order valence-electron chi connectivity index (χ4n) is 2.89. The molecule has 2 heterocycles. The molecule has 1 saturated heterocycles. The van der Waals surface area contributed by atoms with Gasteiger partial charge in [-0.3, -0.25) is 14.7 Å². The molecule has 6 heteroatoms. The molecule has 24 heavy (non-hydrogen) atoms. The van der Waals surface area contributed by atoms with Gasteiger partial charge in [0.1, 0.15) is 0 Å². The standard InChI is InChI=1S/C18H30N4O2/c1-3-6-22(7-4-2)17-13-16(14-19-15-17)18(23)20-5-8-21-9-11-24-12-10-21/h13-15H,3-12H2,1-2H3,(H,20,23). The van der Waals surface area contributed by atoms with Gasteiger partial charge in [0.15, 0.2) is 0 Å². The van der Waals surface area contributed by atoms with Crippen molar-refractivity contribution in [1.29, 1.82) is 0 Å². The topological polar surface area (TPSA) is 57.7 Å². The predicted octanol–water partition coefficient (Wildman–Crippen LogP) is 1.77. The van der Waals surface area contributed by atoms with Crippen LogP contribution in [0.3, 0.4) is 0 Å². The molecule has 1 fully saturated rings. The van der Waals surface area contributed by atoms with E-state index in [1.54, 1.807) is 6.20 Å². The Morgan fingerprint density at radius 3 is 2.62 bits per heavy atom. The van der Waals surface area contributed by atoms with E-state index in [1.807, 2.05) is 12.3 Å². The number of aromatic nitrogens is 1. The number of hydrogen-bond acceptors (Lipinski definition) is 5. The number of nitrogens with zero attached hydrogens (tertiary/aromatic N) is 3. The van der Waals surface area contributed by atoms with Gasteiger partial charge < -0.3 is 15.0 Å². The van der Waals surface area contributed by atoms with E-state index in [1.165, 1.54) is 0 Å². The van der Waals surface area contributed by atoms with Crippen molar-refractivity contribution in [2.24, 2.45) is 0 Å². The molecule has 0 spiro atoms. The van der Waals surface area contributed by atoms with Gasteiger partial charge in [0.2, 0.25) is 0 Å². The Labute approximate surface area is 145 Å². The predicted molar refractivity (Wildman–Crippen MR) is 96.6 cm³/mol. The van der Waals surface area contributed by atoms with Crippen LogP contribution in [-0.2, 0) is 4.74 Å². The summed E-state index contributed by atoms with van der Waals surface area (Å²) in [6, 6.07) is 1.95. The van der Waals surface area contributed by atoms with Gasteiger partial charge in [-0.25, -0.2) is 0 Å². The first-order valence-electron chi connectivity index (χ1n) is 9.03. The van der Waals surface area contributed by atoms with Crippen molar-refractivity contribution in [1.82, 2.24) is 15.2 Å². The molecule has 2 rings (SSSR count). The molecule has 0 bridgehead atoms. The number of rotatable bonds is 9. The SMILES string of the molecule is CCCN(CCC)c1cncc(C(=O)NCCN2CCOCC2)c1. The first-order valence-corrected chi connectivity index (χ1v) is 9.03. The molecule has 6 nitrogen and oxygen atoms in total. The molecule has 1 aromatic rings. The molecule has 0 aromatic carbocycles. The number of carbonyl (C=O) groups excluding carboxylic acids is 1. The molecule has 1 N–H and O–H groups in total. The van der Waals surface area contributed by atoms with E-state index in [4.69, 9.17) is 4.74 Å². The first kappa shape index (κ1) is 18.7. The van der Waals surface area contributed by atoms with Crippen LogP contribution in [0.5, 0.6) is 0 Å². The summed E-state index contributed by atoms with van der Waals surface area (Å²) in [5.41, 5.74) is 1.66. The summed E-state index contributed by atoms with van der Waals surface area (Å²) in [7, 11) is 0. The normalized spacial score (nSPS) is 15.2. The fourth-order valence-corrected chi connectivity index (χ4v) is 2.89. The second-order valence-electron chi connectivity index (χ2n) is 6.13. The van der Waals surface area contributed by atoms with E-state index in [0.29, 0.717) is 12.1 Å². The third kappa shape index (κ3) is 5.76. The van der Waals surface area contributed by atoms with Crippen LogP contribution >= 0.6 is 0 Å². The van der Waals surface area contributed by atoms with Crippen molar-refractivity contribution >= 4 is 11.6 Å². The van der Waals surface area contributed by atoms with Crippen molar-refractivity contribution in [2.45, 2.75) is 26.7 Å². The Morgan fingerprint density at radius 2 is 1.96 bits per heavy atom. The Kier molecular flexibility index (Phi) is 7.98. The average molecular weight is 334 g/mol. The van der Waals surface area contributed by atoms with Gasteiger partial charge in [-0.15, -0.1) is 0 Å². The third-order valence-corrected chi connectivity index (χ3v) is 4.16. The van der Waals surface area contributed by atoms with Crippen molar-refractivity contribution in [3.63, 3.8) is 0 Å². The molecule has 1 amide bonds. The fraction of sp³-hybridized carbons (Fsp3) is 0.667. The molecule has 134 valence electrons. The minimum atomic E-state index is -0.0504. The lowest BCUT2D eigenvalue weighted by atomic mass is 10.2. The summed E-state index contributed by atoms with van der Waals surface area (Å²) in [5.74, 6) is -0.0504. The Morgan fingerprint density at radius 1 is 1.25 bits per heavy atom. The maximum Gasteiger partial charge on any atom is 0.252 e. The third-order valence-electron chi connectivity index (χ3n) is 4.16. The summed E-state index contributed by atoms with van der Waals surface area (Å²) in [6.45, 7) is 11.3. The minimum Gasteiger partial charge on any atom is -0.379 e. The number of amides is 1. The van der Waals surface area contributed by atoms with Gasteiger partial charge in [-0.1, -0.05) is 13.8 Å². The molecule has 1 aliphatic heterocycles. The Balaban J connectivity index is 1.87. The van der Waals surface area contributed by atoms with Crippen LogP contribution in [0.2, 0.25) is 0 Å². The molecule has 1 aliphatic rings. The zero-order chi connectivity index (χ0) is 17.2. The number of carbonyl (C=O) groups is 1. The summed E-state index contributed by atoms with van der Waals surface area (Å²) in [4.78, 5) is 21.2. The van der Waals surface area contributed by atoms with Crippen molar-refractivity contribution in [3.8, 4) is 0 Å². The second kappa shape index (κ2) is 10.3. The maximum atomic E-state index is 12.4. The van der Waals surface area contributed by atoms with Crippen LogP contribution in [0, 0.1) is 0 Å². The molecule has 0 atom stereocenters. The molecule has 1 aromatic heterocycles. The Bertz CT molecular complexity index is 498. The van der Waals surface area contributed by atoms with E-state index in [2.05, 4.69) is 33.9 Å². The molecular formula is C18H30N4O2. The first-order chi connectivity index (χ1) is 11.7. The van der Waals surface area contributed by atoms with Crippen molar-refractivity contribution in [3.05, 3.63) is 24.0 Å². The lowest BCUT2D eigenvalue weighted by molar-refractivity contribution is 0.0383. The number of pyridine rings is 1. The number of nitrogens with one attached hydrogen (secondary N) is 1. The molecule has 0 unspecified atom stereocenters. The highest BCUT2D eigenvalue weighted by Crippen LogP contribution is 2.15. The summed E-state index contributed by atoms with van der Waals surface area (Å²) in [5, 5.41) is 3.00. The number of morpholine rings is 1. The highest BCUT2D eigenvalue weighted by atomic mass is 16.5. The van der Waals surface area contributed by atoms with Gasteiger partial charge in [0, 0.05) is 45.5 Å². The van der Waals surface area contributed by atoms with Crippen LogP contribution in [0.1, 0.15) is 37.0 Å². The zero-order valence-corrected chi connectivity index (χ0v) is 15.0. The van der Waals surface area contributed by atoms with Gasteiger partial charge in [0.05, 0.1) is 30.7 Å². The quantitative estimate of drug-likeness (QED) is 0.746. The van der Waals surface area contributed by atoms with Crippen molar-refractivity contribution in [2.75, 3.05) is 57.4 Å². The van der Waals surface area contributed by atoms with E-state index in [-0.39, 0.29) is 5.91 Å². The van der Waals surface area contributed by atoms with Crippen LogP contribution in [0.25, 0.3) is 0 Å². The van der Waals surface area contributed by atoms with Gasteiger partial charge in [0.25, 0.3) is 5.91 Å². The number of ether oxygens (including phenoxy) is 1. The van der Waals surface area contributed by atoms with Gasteiger partial charge in [-0.05, 0) is 18.9 Å². The second-order valence-corrected chi connectivity index (χ2v) is 6.13. The molecule has 0 saturated carbocycles. The number of anilines is 1. The zero-order valence-electron chi connectivity index (χ0n) is 15.0. The van der Waals surface area contributed by atoms with E-state index >= 15 is 0 Å². The van der Waals surface area contributed by atoms with Gasteiger partial charge >= 0.3 is 0 Å². The van der Waals surface area contributed by atoms with E-state index in [0.717, 1.165) is 64.5 Å².